The lowest BCUT2D eigenvalue weighted by molar-refractivity contribution is 0.435. The molecule has 0 heterocycles. The first-order valence-corrected chi connectivity index (χ1v) is 6.47. The van der Waals surface area contributed by atoms with Crippen molar-refractivity contribution in [3.63, 3.8) is 0 Å². The first-order chi connectivity index (χ1) is 9.47. The first kappa shape index (κ1) is 14.5. The number of phenols is 1. The van der Waals surface area contributed by atoms with Crippen molar-refractivity contribution in [2.24, 2.45) is 0 Å². The summed E-state index contributed by atoms with van der Waals surface area (Å²) in [4.78, 5) is 0. The molecule has 4 heteroatoms. The van der Waals surface area contributed by atoms with E-state index in [4.69, 9.17) is 0 Å². The number of aromatic hydroxyl groups is 1. The monoisotopic (exact) mass is 277 g/mol. The van der Waals surface area contributed by atoms with E-state index in [0.29, 0.717) is 5.56 Å². The fraction of sp³-hybridized carbons (Fsp3) is 0.250. The zero-order valence-corrected chi connectivity index (χ0v) is 11.4. The van der Waals surface area contributed by atoms with Crippen molar-refractivity contribution in [2.75, 3.05) is 0 Å². The maximum Gasteiger partial charge on any atom is 0.123 e. The Balaban J connectivity index is 2.12. The standard InChI is InChI=1S/C16H17F2NO/c1-10(12-3-5-13(17)6-4-12)19-11(2)15-9-14(18)7-8-16(15)20/h3-11,19-20H,1-2H3/t10-,11?/m0/s1. The highest BCUT2D eigenvalue weighted by Crippen LogP contribution is 2.27. The van der Waals surface area contributed by atoms with E-state index in [1.165, 1.54) is 30.3 Å². The molecule has 0 fully saturated rings. The Bertz CT molecular complexity index is 584. The molecule has 20 heavy (non-hydrogen) atoms. The third-order valence-corrected chi connectivity index (χ3v) is 3.33. The number of hydrogen-bond donors (Lipinski definition) is 2. The molecule has 106 valence electrons. The van der Waals surface area contributed by atoms with Gasteiger partial charge in [-0.15, -0.1) is 0 Å². The summed E-state index contributed by atoms with van der Waals surface area (Å²) >= 11 is 0. The number of nitrogens with one attached hydrogen (secondary N) is 1. The Labute approximate surface area is 117 Å². The molecule has 0 spiro atoms. The minimum absolute atomic E-state index is 0.0479. The van der Waals surface area contributed by atoms with Gasteiger partial charge in [-0.25, -0.2) is 8.78 Å². The summed E-state index contributed by atoms with van der Waals surface area (Å²) in [5, 5.41) is 13.0. The normalized spacial score (nSPS) is 14.0. The Morgan fingerprint density at radius 2 is 1.50 bits per heavy atom. The number of rotatable bonds is 4. The van der Waals surface area contributed by atoms with Crippen molar-refractivity contribution in [1.29, 1.82) is 0 Å². The third kappa shape index (κ3) is 3.33. The maximum atomic E-state index is 13.2. The SMILES string of the molecule is CC(N[C@@H](C)c1ccc(F)cc1)c1cc(F)ccc1O. The number of benzene rings is 2. The minimum atomic E-state index is -0.388. The minimum Gasteiger partial charge on any atom is -0.508 e. The summed E-state index contributed by atoms with van der Waals surface area (Å²) in [6.07, 6.45) is 0. The van der Waals surface area contributed by atoms with E-state index in [2.05, 4.69) is 5.32 Å². The maximum absolute atomic E-state index is 13.2. The smallest absolute Gasteiger partial charge is 0.123 e. The van der Waals surface area contributed by atoms with Crippen LogP contribution < -0.4 is 5.32 Å². The highest BCUT2D eigenvalue weighted by Gasteiger charge is 2.15. The zero-order chi connectivity index (χ0) is 14.7. The largest absolute Gasteiger partial charge is 0.508 e. The number of halogens is 2. The van der Waals surface area contributed by atoms with Crippen LogP contribution >= 0.6 is 0 Å². The molecular weight excluding hydrogens is 260 g/mol. The predicted octanol–water partition coefficient (Wildman–Crippen LogP) is 4.08. The number of hydrogen-bond acceptors (Lipinski definition) is 2. The van der Waals surface area contributed by atoms with Gasteiger partial charge in [0.1, 0.15) is 17.4 Å². The lowest BCUT2D eigenvalue weighted by Gasteiger charge is -2.21. The van der Waals surface area contributed by atoms with E-state index >= 15 is 0 Å². The van der Waals surface area contributed by atoms with Crippen LogP contribution in [0.5, 0.6) is 5.75 Å². The van der Waals surface area contributed by atoms with Crippen LogP contribution in [-0.2, 0) is 0 Å². The average molecular weight is 277 g/mol. The molecule has 0 amide bonds. The van der Waals surface area contributed by atoms with Crippen LogP contribution in [0, 0.1) is 11.6 Å². The molecule has 0 aliphatic rings. The Kier molecular flexibility index (Phi) is 4.35. The molecule has 0 radical (unpaired) electrons. The highest BCUT2D eigenvalue weighted by atomic mass is 19.1. The van der Waals surface area contributed by atoms with Gasteiger partial charge < -0.3 is 10.4 Å². The molecule has 0 aliphatic carbocycles. The van der Waals surface area contributed by atoms with Crippen LogP contribution in [0.2, 0.25) is 0 Å². The molecule has 2 nitrogen and oxygen atoms in total. The van der Waals surface area contributed by atoms with Gasteiger partial charge in [-0.2, -0.15) is 0 Å². The van der Waals surface area contributed by atoms with Gasteiger partial charge in [0, 0.05) is 17.6 Å². The van der Waals surface area contributed by atoms with E-state index in [9.17, 15) is 13.9 Å². The molecule has 0 saturated carbocycles. The van der Waals surface area contributed by atoms with Gasteiger partial charge in [-0.1, -0.05) is 12.1 Å². The molecular formula is C16H17F2NO. The van der Waals surface area contributed by atoms with Gasteiger partial charge in [-0.05, 0) is 49.7 Å². The van der Waals surface area contributed by atoms with Crippen molar-refractivity contribution < 1.29 is 13.9 Å². The van der Waals surface area contributed by atoms with E-state index < -0.39 is 0 Å². The van der Waals surface area contributed by atoms with Gasteiger partial charge >= 0.3 is 0 Å². The Hall–Kier alpha value is -1.94. The lowest BCUT2D eigenvalue weighted by atomic mass is 10.0. The van der Waals surface area contributed by atoms with Crippen molar-refractivity contribution in [2.45, 2.75) is 25.9 Å². The molecule has 0 bridgehead atoms. The fourth-order valence-corrected chi connectivity index (χ4v) is 2.18. The third-order valence-electron chi connectivity index (χ3n) is 3.33. The van der Waals surface area contributed by atoms with Crippen molar-refractivity contribution in [3.05, 3.63) is 65.2 Å². The van der Waals surface area contributed by atoms with Crippen LogP contribution in [0.25, 0.3) is 0 Å². The van der Waals surface area contributed by atoms with Gasteiger partial charge in [0.2, 0.25) is 0 Å². The Morgan fingerprint density at radius 3 is 2.15 bits per heavy atom. The van der Waals surface area contributed by atoms with Crippen LogP contribution in [-0.4, -0.2) is 5.11 Å². The van der Waals surface area contributed by atoms with Crippen molar-refractivity contribution in [3.8, 4) is 5.75 Å². The van der Waals surface area contributed by atoms with Crippen molar-refractivity contribution >= 4 is 0 Å². The van der Waals surface area contributed by atoms with Crippen LogP contribution in [0.3, 0.4) is 0 Å². The van der Waals surface area contributed by atoms with Crippen molar-refractivity contribution in [1.82, 2.24) is 5.32 Å². The summed E-state index contributed by atoms with van der Waals surface area (Å²) in [5.74, 6) is -0.615. The van der Waals surface area contributed by atoms with E-state index in [0.717, 1.165) is 5.56 Å². The summed E-state index contributed by atoms with van der Waals surface area (Å²) in [7, 11) is 0. The first-order valence-electron chi connectivity index (χ1n) is 6.47. The molecule has 2 atom stereocenters. The van der Waals surface area contributed by atoms with Gasteiger partial charge in [0.15, 0.2) is 0 Å². The van der Waals surface area contributed by atoms with Crippen LogP contribution in [0.15, 0.2) is 42.5 Å². The van der Waals surface area contributed by atoms with Crippen LogP contribution in [0.4, 0.5) is 8.78 Å². The predicted molar refractivity (Wildman–Crippen MR) is 74.4 cm³/mol. The fourth-order valence-electron chi connectivity index (χ4n) is 2.18. The topological polar surface area (TPSA) is 32.3 Å². The summed E-state index contributed by atoms with van der Waals surface area (Å²) in [6.45, 7) is 3.77. The van der Waals surface area contributed by atoms with E-state index in [1.54, 1.807) is 12.1 Å². The van der Waals surface area contributed by atoms with Gasteiger partial charge in [-0.3, -0.25) is 0 Å². The van der Waals surface area contributed by atoms with Gasteiger partial charge in [0.05, 0.1) is 0 Å². The molecule has 2 rings (SSSR count). The average Bonchev–Trinajstić information content (AvgIpc) is 2.42. The summed E-state index contributed by atoms with van der Waals surface area (Å²) in [6, 6.07) is 9.79. The molecule has 2 aromatic rings. The summed E-state index contributed by atoms with van der Waals surface area (Å²) < 4.78 is 26.1. The molecule has 1 unspecified atom stereocenters. The number of phenolic OH excluding ortho intramolecular Hbond substituents is 1. The second-order valence-electron chi connectivity index (χ2n) is 4.86. The zero-order valence-electron chi connectivity index (χ0n) is 11.4. The molecule has 0 aromatic heterocycles. The molecule has 2 aromatic carbocycles. The highest BCUT2D eigenvalue weighted by molar-refractivity contribution is 5.35. The van der Waals surface area contributed by atoms with E-state index in [-0.39, 0.29) is 29.5 Å². The quantitative estimate of drug-likeness (QED) is 0.882. The Morgan fingerprint density at radius 1 is 0.900 bits per heavy atom. The summed E-state index contributed by atoms with van der Waals surface area (Å²) in [5.41, 5.74) is 1.42. The van der Waals surface area contributed by atoms with Crippen LogP contribution in [0.1, 0.15) is 37.1 Å². The molecule has 0 aliphatic heterocycles. The molecule has 2 N–H and O–H groups in total. The van der Waals surface area contributed by atoms with E-state index in [1.807, 2.05) is 13.8 Å². The second-order valence-corrected chi connectivity index (χ2v) is 4.86. The molecule has 0 saturated heterocycles. The lowest BCUT2D eigenvalue weighted by Crippen LogP contribution is -2.22. The second kappa shape index (κ2) is 6.01. The van der Waals surface area contributed by atoms with Gasteiger partial charge in [0.25, 0.3) is 0 Å².